The molecule has 1 fully saturated rings. The van der Waals surface area contributed by atoms with Crippen LogP contribution in [0.1, 0.15) is 29.5 Å². The van der Waals surface area contributed by atoms with E-state index in [1.54, 1.807) is 23.1 Å². The van der Waals surface area contributed by atoms with Crippen LogP contribution in [0.3, 0.4) is 0 Å². The van der Waals surface area contributed by atoms with Gasteiger partial charge in [0.1, 0.15) is 0 Å². The van der Waals surface area contributed by atoms with Crippen LogP contribution in [0.2, 0.25) is 0 Å². The molecule has 0 saturated carbocycles. The third-order valence-electron chi connectivity index (χ3n) is 4.48. The van der Waals surface area contributed by atoms with Crippen LogP contribution in [0.5, 0.6) is 0 Å². The molecule has 5 nitrogen and oxygen atoms in total. The molecule has 0 aromatic heterocycles. The van der Waals surface area contributed by atoms with Crippen molar-refractivity contribution < 1.29 is 13.2 Å². The predicted molar refractivity (Wildman–Crippen MR) is 99.5 cm³/mol. The Labute approximate surface area is 148 Å². The van der Waals surface area contributed by atoms with Gasteiger partial charge in [0, 0.05) is 18.7 Å². The Hall–Kier alpha value is -2.34. The fraction of sp³-hybridized carbons (Fsp3) is 0.316. The van der Waals surface area contributed by atoms with Crippen molar-refractivity contribution >= 4 is 27.3 Å². The number of carbonyl (C=O) groups is 1. The molecule has 0 spiro atoms. The Balaban J connectivity index is 1.91. The van der Waals surface area contributed by atoms with Gasteiger partial charge in [-0.1, -0.05) is 12.1 Å². The molecule has 6 heteroatoms. The first kappa shape index (κ1) is 17.5. The van der Waals surface area contributed by atoms with Crippen molar-refractivity contribution in [3.05, 3.63) is 53.1 Å². The van der Waals surface area contributed by atoms with Gasteiger partial charge in [-0.2, -0.15) is 0 Å². The molecule has 1 N–H and O–H groups in total. The number of aryl methyl sites for hydroxylation is 3. The van der Waals surface area contributed by atoms with Crippen molar-refractivity contribution in [2.24, 2.45) is 0 Å². The second kappa shape index (κ2) is 6.52. The minimum absolute atomic E-state index is 0.0900. The molecular weight excluding hydrogens is 336 g/mol. The van der Waals surface area contributed by atoms with Crippen molar-refractivity contribution in [2.45, 2.75) is 38.5 Å². The number of sulfonamides is 1. The summed E-state index contributed by atoms with van der Waals surface area (Å²) in [5.41, 5.74) is 4.00. The number of nitrogens with one attached hydrogen (secondary N) is 1. The Morgan fingerprint density at radius 2 is 1.76 bits per heavy atom. The molecule has 0 atom stereocenters. The molecule has 25 heavy (non-hydrogen) atoms. The van der Waals surface area contributed by atoms with E-state index in [1.165, 1.54) is 0 Å². The molecular formula is C19H22N2O3S. The average molecular weight is 358 g/mol. The zero-order valence-corrected chi connectivity index (χ0v) is 15.5. The van der Waals surface area contributed by atoms with E-state index in [4.69, 9.17) is 0 Å². The maximum Gasteiger partial charge on any atom is 0.261 e. The maximum atomic E-state index is 12.7. The lowest BCUT2D eigenvalue weighted by molar-refractivity contribution is -0.117. The van der Waals surface area contributed by atoms with Gasteiger partial charge in [0.2, 0.25) is 5.91 Å². The zero-order valence-electron chi connectivity index (χ0n) is 14.7. The lowest BCUT2D eigenvalue weighted by Gasteiger charge is -2.19. The molecule has 3 rings (SSSR count). The molecule has 1 amide bonds. The molecule has 1 aliphatic heterocycles. The molecule has 0 radical (unpaired) electrons. The number of carbonyl (C=O) groups excluding carboxylic acids is 1. The first-order chi connectivity index (χ1) is 11.8. The molecule has 0 aliphatic carbocycles. The first-order valence-electron chi connectivity index (χ1n) is 8.29. The van der Waals surface area contributed by atoms with Crippen LogP contribution in [-0.2, 0) is 14.8 Å². The molecule has 0 unspecified atom stereocenters. The van der Waals surface area contributed by atoms with Crippen molar-refractivity contribution in [3.8, 4) is 0 Å². The maximum absolute atomic E-state index is 12.7. The second-order valence-electron chi connectivity index (χ2n) is 6.52. The van der Waals surface area contributed by atoms with E-state index >= 15 is 0 Å². The minimum Gasteiger partial charge on any atom is -0.312 e. The highest BCUT2D eigenvalue weighted by atomic mass is 32.2. The topological polar surface area (TPSA) is 66.5 Å². The van der Waals surface area contributed by atoms with Crippen molar-refractivity contribution in [2.75, 3.05) is 16.2 Å². The van der Waals surface area contributed by atoms with Crippen LogP contribution < -0.4 is 9.62 Å². The van der Waals surface area contributed by atoms with Crippen LogP contribution in [0.4, 0.5) is 11.4 Å². The third-order valence-corrected chi connectivity index (χ3v) is 5.84. The van der Waals surface area contributed by atoms with Gasteiger partial charge in [-0.25, -0.2) is 8.42 Å². The molecule has 2 aromatic rings. The highest BCUT2D eigenvalue weighted by molar-refractivity contribution is 7.92. The number of amides is 1. The van der Waals surface area contributed by atoms with E-state index in [0.717, 1.165) is 28.8 Å². The van der Waals surface area contributed by atoms with Crippen LogP contribution >= 0.6 is 0 Å². The Bertz CT molecular complexity index is 936. The van der Waals surface area contributed by atoms with Gasteiger partial charge >= 0.3 is 0 Å². The average Bonchev–Trinajstić information content (AvgIpc) is 2.96. The van der Waals surface area contributed by atoms with E-state index < -0.39 is 10.0 Å². The van der Waals surface area contributed by atoms with Crippen molar-refractivity contribution in [1.29, 1.82) is 0 Å². The van der Waals surface area contributed by atoms with Crippen LogP contribution in [0.15, 0.2) is 41.3 Å². The molecule has 0 bridgehead atoms. The summed E-state index contributed by atoms with van der Waals surface area (Å²) in [7, 11) is -3.68. The lowest BCUT2D eigenvalue weighted by Crippen LogP contribution is -2.24. The fourth-order valence-electron chi connectivity index (χ4n) is 3.05. The number of hydrogen-bond donors (Lipinski definition) is 1. The predicted octanol–water partition coefficient (Wildman–Crippen LogP) is 3.54. The Morgan fingerprint density at radius 1 is 1.00 bits per heavy atom. The van der Waals surface area contributed by atoms with Gasteiger partial charge in [-0.15, -0.1) is 0 Å². The number of nitrogens with zero attached hydrogens (tertiary/aromatic N) is 1. The molecule has 132 valence electrons. The van der Waals surface area contributed by atoms with Gasteiger partial charge in [0.15, 0.2) is 0 Å². The fourth-order valence-corrected chi connectivity index (χ4v) is 4.26. The summed E-state index contributed by atoms with van der Waals surface area (Å²) in [6, 6.07) is 10.5. The molecule has 2 aromatic carbocycles. The van der Waals surface area contributed by atoms with Gasteiger partial charge in [-0.3, -0.25) is 9.52 Å². The van der Waals surface area contributed by atoms with E-state index in [-0.39, 0.29) is 10.8 Å². The summed E-state index contributed by atoms with van der Waals surface area (Å²) in [6.07, 6.45) is 1.39. The van der Waals surface area contributed by atoms with Gasteiger partial charge < -0.3 is 4.90 Å². The highest BCUT2D eigenvalue weighted by Crippen LogP contribution is 2.28. The smallest absolute Gasteiger partial charge is 0.261 e. The lowest BCUT2D eigenvalue weighted by atomic mass is 10.1. The van der Waals surface area contributed by atoms with Crippen molar-refractivity contribution in [3.63, 3.8) is 0 Å². The third kappa shape index (κ3) is 3.54. The SMILES string of the molecule is Cc1ccc(C)c(NS(=O)(=O)c2ccc(N3CCCC3=O)c(C)c2)c1. The van der Waals surface area contributed by atoms with Gasteiger partial charge in [0.25, 0.3) is 10.0 Å². The Morgan fingerprint density at radius 3 is 2.40 bits per heavy atom. The van der Waals surface area contributed by atoms with E-state index in [0.29, 0.717) is 18.7 Å². The molecule has 1 aliphatic rings. The quantitative estimate of drug-likeness (QED) is 0.909. The zero-order chi connectivity index (χ0) is 18.2. The van der Waals surface area contributed by atoms with Crippen LogP contribution in [0.25, 0.3) is 0 Å². The summed E-state index contributed by atoms with van der Waals surface area (Å²) in [5, 5.41) is 0. The largest absolute Gasteiger partial charge is 0.312 e. The molecule has 1 heterocycles. The summed E-state index contributed by atoms with van der Waals surface area (Å²) in [5.74, 6) is 0.0900. The second-order valence-corrected chi connectivity index (χ2v) is 8.20. The van der Waals surface area contributed by atoms with Crippen molar-refractivity contribution in [1.82, 2.24) is 0 Å². The number of rotatable bonds is 4. The van der Waals surface area contributed by atoms with E-state index in [9.17, 15) is 13.2 Å². The summed E-state index contributed by atoms with van der Waals surface area (Å²) in [4.78, 5) is 13.8. The van der Waals surface area contributed by atoms with Crippen LogP contribution in [0, 0.1) is 20.8 Å². The van der Waals surface area contributed by atoms with Gasteiger partial charge in [-0.05, 0) is 68.1 Å². The van der Waals surface area contributed by atoms with Crippen LogP contribution in [-0.4, -0.2) is 20.9 Å². The van der Waals surface area contributed by atoms with Gasteiger partial charge in [0.05, 0.1) is 10.6 Å². The van der Waals surface area contributed by atoms with E-state index in [2.05, 4.69) is 4.72 Å². The summed E-state index contributed by atoms with van der Waals surface area (Å²) >= 11 is 0. The number of hydrogen-bond acceptors (Lipinski definition) is 3. The Kier molecular flexibility index (Phi) is 4.56. The highest BCUT2D eigenvalue weighted by Gasteiger charge is 2.24. The summed E-state index contributed by atoms with van der Waals surface area (Å²) in [6.45, 7) is 6.30. The number of anilines is 2. The standard InChI is InChI=1S/C19H22N2O3S/c1-13-6-7-14(2)17(11-13)20-25(23,24)16-8-9-18(15(3)12-16)21-10-4-5-19(21)22/h6-9,11-12,20H,4-5,10H2,1-3H3. The summed E-state index contributed by atoms with van der Waals surface area (Å²) < 4.78 is 28.1. The monoisotopic (exact) mass is 358 g/mol. The number of benzene rings is 2. The molecule has 1 saturated heterocycles. The minimum atomic E-state index is -3.68. The van der Waals surface area contributed by atoms with E-state index in [1.807, 2.05) is 39.0 Å². The first-order valence-corrected chi connectivity index (χ1v) is 9.77. The normalized spacial score (nSPS) is 14.8.